The van der Waals surface area contributed by atoms with E-state index in [1.165, 1.54) is 11.8 Å². The van der Waals surface area contributed by atoms with Crippen LogP contribution in [0.25, 0.3) is 6.08 Å². The number of rotatable bonds is 10. The van der Waals surface area contributed by atoms with Gasteiger partial charge in [0.25, 0.3) is 11.8 Å². The van der Waals surface area contributed by atoms with E-state index in [2.05, 4.69) is 16.0 Å². The van der Waals surface area contributed by atoms with Gasteiger partial charge in [-0.2, -0.15) is 0 Å². The van der Waals surface area contributed by atoms with E-state index < -0.39 is 5.91 Å². The van der Waals surface area contributed by atoms with Gasteiger partial charge in [-0.1, -0.05) is 48.5 Å². The first-order valence-electron chi connectivity index (χ1n) is 13.5. The first-order chi connectivity index (χ1) is 20.2. The van der Waals surface area contributed by atoms with E-state index in [4.69, 9.17) is 0 Å². The summed E-state index contributed by atoms with van der Waals surface area (Å²) in [6, 6.07) is 31.3. The van der Waals surface area contributed by atoms with Crippen molar-refractivity contribution in [1.29, 1.82) is 0 Å². The summed E-state index contributed by atoms with van der Waals surface area (Å²) in [6.45, 7) is 3.81. The predicted molar refractivity (Wildman–Crippen MR) is 173 cm³/mol. The number of nitrogens with zero attached hydrogens (tertiary/aromatic N) is 1. The van der Waals surface area contributed by atoms with Crippen molar-refractivity contribution in [2.24, 2.45) is 0 Å². The van der Waals surface area contributed by atoms with Gasteiger partial charge in [0, 0.05) is 41.6 Å². The molecule has 1 unspecified atom stereocenters. The Labute approximate surface area is 251 Å². The summed E-state index contributed by atoms with van der Waals surface area (Å²) in [5.41, 5.74) is 4.70. The van der Waals surface area contributed by atoms with Crippen LogP contribution in [0.5, 0.6) is 0 Å². The monoisotopic (exact) mass is 578 g/mol. The zero-order valence-electron chi connectivity index (χ0n) is 24.0. The van der Waals surface area contributed by atoms with Gasteiger partial charge >= 0.3 is 0 Å². The molecule has 1 atom stereocenters. The van der Waals surface area contributed by atoms with E-state index in [-0.39, 0.29) is 22.8 Å². The second-order valence-corrected chi connectivity index (χ2v) is 11.3. The minimum absolute atomic E-state index is 0.0887. The largest absolute Gasteiger partial charge is 0.378 e. The second kappa shape index (κ2) is 14.2. The predicted octanol–water partition coefficient (Wildman–Crippen LogP) is 6.59. The summed E-state index contributed by atoms with van der Waals surface area (Å²) in [7, 11) is 3.91. The highest BCUT2D eigenvalue weighted by Gasteiger charge is 2.17. The van der Waals surface area contributed by atoms with Gasteiger partial charge < -0.3 is 20.9 Å². The van der Waals surface area contributed by atoms with Crippen molar-refractivity contribution in [3.63, 3.8) is 0 Å². The van der Waals surface area contributed by atoms with Crippen molar-refractivity contribution < 1.29 is 14.4 Å². The van der Waals surface area contributed by atoms with Gasteiger partial charge in [-0.15, -0.1) is 11.8 Å². The molecule has 4 aromatic rings. The maximum absolute atomic E-state index is 13.4. The smallest absolute Gasteiger partial charge is 0.272 e. The van der Waals surface area contributed by atoms with E-state index in [9.17, 15) is 14.4 Å². The number of hydrogen-bond donors (Lipinski definition) is 3. The summed E-state index contributed by atoms with van der Waals surface area (Å²) in [4.78, 5) is 41.8. The van der Waals surface area contributed by atoms with Crippen LogP contribution in [0.15, 0.2) is 114 Å². The lowest BCUT2D eigenvalue weighted by Crippen LogP contribution is -2.30. The molecule has 214 valence electrons. The average Bonchev–Trinajstić information content (AvgIpc) is 2.99. The first kappa shape index (κ1) is 30.1. The highest BCUT2D eigenvalue weighted by molar-refractivity contribution is 8.00. The maximum atomic E-state index is 13.4. The van der Waals surface area contributed by atoms with Crippen molar-refractivity contribution in [3.05, 3.63) is 126 Å². The Morgan fingerprint density at radius 3 is 2.07 bits per heavy atom. The number of carbonyl (C=O) groups excluding carboxylic acids is 3. The van der Waals surface area contributed by atoms with Crippen LogP contribution in [0.4, 0.5) is 17.1 Å². The summed E-state index contributed by atoms with van der Waals surface area (Å²) in [5, 5.41) is 8.29. The lowest BCUT2D eigenvalue weighted by atomic mass is 10.1. The number of nitrogens with one attached hydrogen (secondary N) is 3. The van der Waals surface area contributed by atoms with Crippen molar-refractivity contribution in [1.82, 2.24) is 5.32 Å². The van der Waals surface area contributed by atoms with Gasteiger partial charge in [0.2, 0.25) is 5.91 Å². The van der Waals surface area contributed by atoms with Crippen molar-refractivity contribution in [2.75, 3.05) is 29.6 Å². The average molecular weight is 579 g/mol. The minimum atomic E-state index is -0.456. The fraction of sp³-hybridized carbons (Fsp3) is 0.147. The highest BCUT2D eigenvalue weighted by atomic mass is 32.2. The Bertz CT molecular complexity index is 1570. The van der Waals surface area contributed by atoms with Gasteiger partial charge in [0.15, 0.2) is 0 Å². The van der Waals surface area contributed by atoms with Crippen molar-refractivity contribution in [3.8, 4) is 0 Å². The number of benzene rings is 4. The highest BCUT2D eigenvalue weighted by Crippen LogP contribution is 2.26. The number of amides is 3. The molecule has 0 aliphatic carbocycles. The molecule has 0 heterocycles. The Morgan fingerprint density at radius 2 is 1.43 bits per heavy atom. The first-order valence-corrected chi connectivity index (χ1v) is 14.4. The van der Waals surface area contributed by atoms with E-state index in [0.29, 0.717) is 11.3 Å². The van der Waals surface area contributed by atoms with Crippen LogP contribution < -0.4 is 20.9 Å². The molecule has 0 saturated heterocycles. The maximum Gasteiger partial charge on any atom is 0.272 e. The molecule has 4 aromatic carbocycles. The standard InChI is InChI=1S/C34H34N4O3S/c1-23-10-8-9-13-30(23)36-32(39)24(2)42-29-20-16-27(17-21-29)35-34(41)31(37-33(40)26-11-6-5-7-12-26)22-25-14-18-28(19-15-25)38(3)4/h5-22,24H,1-4H3,(H,35,41)(H,36,39)(H,37,40)/b31-22-. The molecule has 0 bridgehead atoms. The molecule has 0 saturated carbocycles. The third kappa shape index (κ3) is 8.34. The van der Waals surface area contributed by atoms with Crippen LogP contribution in [0.1, 0.15) is 28.4 Å². The van der Waals surface area contributed by atoms with Gasteiger partial charge in [0.05, 0.1) is 5.25 Å². The topological polar surface area (TPSA) is 90.5 Å². The van der Waals surface area contributed by atoms with E-state index in [1.54, 1.807) is 42.5 Å². The number of carbonyl (C=O) groups is 3. The normalized spacial score (nSPS) is 11.8. The molecule has 0 radical (unpaired) electrons. The molecule has 4 rings (SSSR count). The van der Waals surface area contributed by atoms with Crippen LogP contribution in [-0.2, 0) is 9.59 Å². The quantitative estimate of drug-likeness (QED) is 0.146. The van der Waals surface area contributed by atoms with Crippen molar-refractivity contribution >= 4 is 52.6 Å². The Hall–Kier alpha value is -4.82. The van der Waals surface area contributed by atoms with Crippen LogP contribution in [0, 0.1) is 6.92 Å². The third-order valence-electron chi connectivity index (χ3n) is 6.45. The molecule has 0 fully saturated rings. The van der Waals surface area contributed by atoms with Gasteiger partial charge in [0.1, 0.15) is 5.70 Å². The lowest BCUT2D eigenvalue weighted by molar-refractivity contribution is -0.115. The summed E-state index contributed by atoms with van der Waals surface area (Å²) >= 11 is 1.42. The number of para-hydroxylation sites is 1. The third-order valence-corrected chi connectivity index (χ3v) is 7.56. The summed E-state index contributed by atoms with van der Waals surface area (Å²) in [6.07, 6.45) is 1.65. The molecular weight excluding hydrogens is 544 g/mol. The zero-order chi connectivity index (χ0) is 30.1. The number of aryl methyl sites for hydroxylation is 1. The molecule has 0 aliphatic rings. The molecular formula is C34H34N4O3S. The van der Waals surface area contributed by atoms with Crippen LogP contribution in [0.2, 0.25) is 0 Å². The SMILES string of the molecule is Cc1ccccc1NC(=O)C(C)Sc1ccc(NC(=O)/C(=C/c2ccc(N(C)C)cc2)NC(=O)c2ccccc2)cc1. The van der Waals surface area contributed by atoms with Crippen LogP contribution in [-0.4, -0.2) is 37.1 Å². The fourth-order valence-electron chi connectivity index (χ4n) is 4.00. The Balaban J connectivity index is 1.45. The molecule has 42 heavy (non-hydrogen) atoms. The number of anilines is 3. The lowest BCUT2D eigenvalue weighted by Gasteiger charge is -2.14. The van der Waals surface area contributed by atoms with Gasteiger partial charge in [-0.05, 0) is 85.6 Å². The van der Waals surface area contributed by atoms with Gasteiger partial charge in [-0.3, -0.25) is 14.4 Å². The van der Waals surface area contributed by atoms with E-state index >= 15 is 0 Å². The molecule has 0 spiro atoms. The van der Waals surface area contributed by atoms with E-state index in [0.717, 1.165) is 27.4 Å². The molecule has 3 amide bonds. The number of thioether (sulfide) groups is 1. The second-order valence-electron chi connectivity index (χ2n) is 9.91. The molecule has 0 aromatic heterocycles. The van der Waals surface area contributed by atoms with Crippen LogP contribution in [0.3, 0.4) is 0 Å². The molecule has 3 N–H and O–H groups in total. The van der Waals surface area contributed by atoms with Gasteiger partial charge in [-0.25, -0.2) is 0 Å². The fourth-order valence-corrected chi connectivity index (χ4v) is 4.87. The van der Waals surface area contributed by atoms with Crippen LogP contribution >= 0.6 is 11.8 Å². The molecule has 8 heteroatoms. The Morgan fingerprint density at radius 1 is 0.786 bits per heavy atom. The Kier molecular flexibility index (Phi) is 10.2. The number of hydrogen-bond acceptors (Lipinski definition) is 5. The zero-order valence-corrected chi connectivity index (χ0v) is 24.9. The summed E-state index contributed by atoms with van der Waals surface area (Å²) < 4.78 is 0. The van der Waals surface area contributed by atoms with Crippen molar-refractivity contribution in [2.45, 2.75) is 24.0 Å². The molecule has 7 nitrogen and oxygen atoms in total. The minimum Gasteiger partial charge on any atom is -0.378 e. The molecule has 0 aliphatic heterocycles. The summed E-state index contributed by atoms with van der Waals surface area (Å²) in [5.74, 6) is -0.928. The van der Waals surface area contributed by atoms with E-state index in [1.807, 2.05) is 99.6 Å².